The fourth-order valence-corrected chi connectivity index (χ4v) is 13.5. The fourth-order valence-electron chi connectivity index (χ4n) is 13.5. The van der Waals surface area contributed by atoms with Gasteiger partial charge in [-0.25, -0.2) is 51.8 Å². The molecular formula is C56H81N7O16. The maximum atomic E-state index is 14.8. The summed E-state index contributed by atoms with van der Waals surface area (Å²) in [4.78, 5) is 132. The zero-order valence-corrected chi connectivity index (χ0v) is 47.4. The predicted octanol–water partition coefficient (Wildman–Crippen LogP) is 2.06. The molecule has 0 radical (unpaired) electrons. The number of aromatic nitrogens is 6. The zero-order valence-electron chi connectivity index (χ0n) is 47.4. The van der Waals surface area contributed by atoms with Crippen LogP contribution in [-0.4, -0.2) is 147 Å². The van der Waals surface area contributed by atoms with Crippen LogP contribution in [0.4, 0.5) is 0 Å². The van der Waals surface area contributed by atoms with Crippen molar-refractivity contribution in [3.8, 4) is 0 Å². The normalized spacial score (nSPS) is 38.1. The van der Waals surface area contributed by atoms with Crippen LogP contribution in [0.25, 0.3) is 0 Å². The van der Waals surface area contributed by atoms with Crippen molar-refractivity contribution >= 4 is 29.2 Å². The first kappa shape index (κ1) is 59.5. The molecule has 1 amide bonds. The van der Waals surface area contributed by atoms with E-state index in [0.717, 1.165) is 14.0 Å². The second-order valence-electron chi connectivity index (χ2n) is 23.9. The van der Waals surface area contributed by atoms with Crippen LogP contribution < -0.4 is 22.8 Å². The second kappa shape index (κ2) is 23.1. The first-order valence-corrected chi connectivity index (χ1v) is 28.0. The summed E-state index contributed by atoms with van der Waals surface area (Å²) in [6, 6.07) is -4.80. The largest absolute Gasteiger partial charge is 0.460 e. The number of amides is 1. The van der Waals surface area contributed by atoms with Gasteiger partial charge >= 0.3 is 28.7 Å². The number of carbonyl (C=O) groups excluding carboxylic acids is 5. The van der Waals surface area contributed by atoms with Gasteiger partial charge in [0.1, 0.15) is 35.7 Å². The number of carbonyl (C=O) groups is 5. The number of allylic oxidation sites excluding steroid dienone is 5. The average molecular weight is 1110 g/mol. The lowest BCUT2D eigenvalue weighted by Gasteiger charge is -2.48. The molecule has 436 valence electrons. The van der Waals surface area contributed by atoms with Gasteiger partial charge in [0.25, 0.3) is 11.7 Å². The highest BCUT2D eigenvalue weighted by molar-refractivity contribution is 6.39. The minimum Gasteiger partial charge on any atom is -0.460 e. The molecule has 17 atom stereocenters. The Balaban J connectivity index is 1.23. The molecule has 1 saturated carbocycles. The number of esters is 1. The summed E-state index contributed by atoms with van der Waals surface area (Å²) < 4.78 is 30.7. The molecule has 3 N–H and O–H groups in total. The van der Waals surface area contributed by atoms with Crippen molar-refractivity contribution < 1.29 is 58.2 Å². The average Bonchev–Trinajstić information content (AvgIpc) is 3.85. The number of cyclic esters (lactones) is 1. The summed E-state index contributed by atoms with van der Waals surface area (Å²) in [5, 5.41) is 34.8. The van der Waals surface area contributed by atoms with Crippen molar-refractivity contribution in [1.29, 1.82) is 0 Å². The standard InChI is InChI=1S/C56H81N7O16/c1-29-22-32(4)45(66)47(77-11)46(67)33(5)24-30(2)41(65)28-42(31(3)25-35-16-18-40(64)43(26-35)76-10)78-50(70)38-14-12-13-21-59(38)49(69)48(68)56(75)34(6)15-17-36(79-56)27-44-55(7)20-19-37(61-52(72)58(9)54(74)63(55)61)39(23-29)60-51(71)57(8)53(73)62(44)60/h19-20,23-24,30-32,34-40,42-44,46-47,64,67,75H,12-18,21-22,25-28H2,1-11H3/b29-23+,33-24+/t30-,31-,32-,34-,35+,36+,37?,38+,39?,40-,42+,43-,44?,46-,47+,55?,56-/m1/s1. The molecule has 23 nitrogen and oxygen atoms in total. The Kier molecular flexibility index (Phi) is 17.4. The van der Waals surface area contributed by atoms with Crippen LogP contribution in [0.2, 0.25) is 0 Å². The predicted molar refractivity (Wildman–Crippen MR) is 285 cm³/mol. The Bertz CT molecular complexity index is 3050. The molecule has 6 bridgehead atoms. The van der Waals surface area contributed by atoms with E-state index in [4.69, 9.17) is 18.9 Å². The van der Waals surface area contributed by atoms with E-state index in [1.165, 1.54) is 53.1 Å². The third kappa shape index (κ3) is 10.8. The number of ketones is 3. The minimum absolute atomic E-state index is 0.0435. The Morgan fingerprint density at radius 1 is 0.785 bits per heavy atom. The molecule has 5 aliphatic heterocycles. The quantitative estimate of drug-likeness (QED) is 0.220. The van der Waals surface area contributed by atoms with Gasteiger partial charge in [-0.1, -0.05) is 57.6 Å². The van der Waals surface area contributed by atoms with Crippen LogP contribution in [0.3, 0.4) is 0 Å². The number of rotatable bonds is 5. The van der Waals surface area contributed by atoms with E-state index in [9.17, 15) is 58.5 Å². The minimum atomic E-state index is -2.76. The molecule has 2 aromatic heterocycles. The lowest BCUT2D eigenvalue weighted by molar-refractivity contribution is -0.265. The van der Waals surface area contributed by atoms with E-state index >= 15 is 0 Å². The van der Waals surface area contributed by atoms with Crippen molar-refractivity contribution in [3.63, 3.8) is 0 Å². The smallest absolute Gasteiger partial charge is 0.347 e. The number of Topliss-reactive ketones (excluding diaryl/α,β-unsaturated/α-hetero) is 3. The third-order valence-corrected chi connectivity index (χ3v) is 18.4. The number of aliphatic hydroxyl groups excluding tert-OH is 2. The summed E-state index contributed by atoms with van der Waals surface area (Å²) in [5.41, 5.74) is -3.80. The SMILES string of the molecule is CO[C@@H]1C[C@H](C[C@@H](C)[C@@H]2CC(=O)[C@H](C)/C=C(\C)[C@@H](O)[C@@H](OC)C(=O)[C@H](C)C/C(C)=C/C3C4C=CC(C)(C(C[C@@H]5CC[C@@H](C)[C@@](O)(O5)C(=O)C(=O)N5CCCC[C@H]5C(=O)O2)n2c(=O)n(C)c(=O)n23)n2c(=O)n(C)c(=O)n24)CC[C@H]1O. The molecule has 2 aromatic rings. The molecule has 0 spiro atoms. The maximum Gasteiger partial charge on any atom is 0.347 e. The van der Waals surface area contributed by atoms with Gasteiger partial charge in [0.2, 0.25) is 5.79 Å². The number of methoxy groups -OCH3 is 2. The van der Waals surface area contributed by atoms with E-state index in [1.54, 1.807) is 59.8 Å². The number of fused-ring (bicyclic) bond motifs is 5. The molecular weight excluding hydrogens is 1030 g/mol. The molecule has 79 heavy (non-hydrogen) atoms. The zero-order chi connectivity index (χ0) is 57.9. The Labute approximate surface area is 458 Å². The van der Waals surface area contributed by atoms with Gasteiger partial charge in [-0.15, -0.1) is 0 Å². The molecule has 6 aliphatic rings. The molecule has 23 heteroatoms. The summed E-state index contributed by atoms with van der Waals surface area (Å²) in [5.74, 6) is -9.98. The van der Waals surface area contributed by atoms with Crippen molar-refractivity contribution in [2.24, 2.45) is 43.7 Å². The van der Waals surface area contributed by atoms with Crippen LogP contribution in [0.5, 0.6) is 0 Å². The van der Waals surface area contributed by atoms with Crippen molar-refractivity contribution in [2.45, 2.75) is 198 Å². The monoisotopic (exact) mass is 1110 g/mol. The van der Waals surface area contributed by atoms with Gasteiger partial charge in [0.05, 0.1) is 36.4 Å². The van der Waals surface area contributed by atoms with Gasteiger partial charge in [0, 0.05) is 59.0 Å². The highest BCUT2D eigenvalue weighted by atomic mass is 16.6. The molecule has 0 aromatic carbocycles. The van der Waals surface area contributed by atoms with Gasteiger partial charge in [0.15, 0.2) is 5.78 Å². The summed E-state index contributed by atoms with van der Waals surface area (Å²) in [6.07, 6.45) is 3.55. The van der Waals surface area contributed by atoms with Gasteiger partial charge in [-0.05, 0) is 109 Å². The van der Waals surface area contributed by atoms with E-state index in [1.807, 2.05) is 6.92 Å². The van der Waals surface area contributed by atoms with E-state index in [0.29, 0.717) is 44.1 Å². The lowest BCUT2D eigenvalue weighted by atomic mass is 9.78. The van der Waals surface area contributed by atoms with E-state index in [-0.39, 0.29) is 62.3 Å². The number of hydrogen-bond donors (Lipinski definition) is 3. The van der Waals surface area contributed by atoms with Gasteiger partial charge in [-0.2, -0.15) is 0 Å². The topological polar surface area (TPSA) is 284 Å². The molecule has 2 saturated heterocycles. The second-order valence-corrected chi connectivity index (χ2v) is 23.9. The number of aliphatic hydroxyl groups is 3. The van der Waals surface area contributed by atoms with Crippen LogP contribution >= 0.6 is 0 Å². The van der Waals surface area contributed by atoms with Crippen molar-refractivity contribution in [2.75, 3.05) is 20.8 Å². The first-order chi connectivity index (χ1) is 37.2. The molecule has 1 aliphatic carbocycles. The fraction of sp³-hybridized carbons (Fsp3) is 0.732. The van der Waals surface area contributed by atoms with Gasteiger partial charge in [-0.3, -0.25) is 19.2 Å². The maximum absolute atomic E-state index is 14.8. The van der Waals surface area contributed by atoms with E-state index < -0.39 is 142 Å². The van der Waals surface area contributed by atoms with E-state index in [2.05, 4.69) is 0 Å². The molecule has 3 fully saturated rings. The highest BCUT2D eigenvalue weighted by Crippen LogP contribution is 2.46. The summed E-state index contributed by atoms with van der Waals surface area (Å²) in [7, 11) is 5.43. The first-order valence-electron chi connectivity index (χ1n) is 28.0. The Morgan fingerprint density at radius 3 is 2.14 bits per heavy atom. The van der Waals surface area contributed by atoms with Crippen LogP contribution in [-0.2, 0) is 62.6 Å². The summed E-state index contributed by atoms with van der Waals surface area (Å²) >= 11 is 0. The van der Waals surface area contributed by atoms with Crippen LogP contribution in [0, 0.1) is 29.6 Å². The van der Waals surface area contributed by atoms with Gasteiger partial charge < -0.3 is 39.2 Å². The molecule has 4 unspecified atom stereocenters. The summed E-state index contributed by atoms with van der Waals surface area (Å²) in [6.45, 7) is 11.6. The van der Waals surface area contributed by atoms with Crippen LogP contribution in [0.15, 0.2) is 54.6 Å². The van der Waals surface area contributed by atoms with Crippen LogP contribution in [0.1, 0.15) is 144 Å². The number of ether oxygens (including phenoxy) is 4. The van der Waals surface area contributed by atoms with Crippen molar-refractivity contribution in [3.05, 3.63) is 77.4 Å². The molecule has 8 rings (SSSR count). The Hall–Kier alpha value is -5.59. The highest BCUT2D eigenvalue weighted by Gasteiger charge is 2.56. The Morgan fingerprint density at radius 2 is 1.46 bits per heavy atom. The third-order valence-electron chi connectivity index (χ3n) is 18.4. The van der Waals surface area contributed by atoms with Crippen molar-refractivity contribution in [1.82, 2.24) is 32.8 Å². The molecule has 7 heterocycles. The number of nitrogens with zero attached hydrogens (tertiary/aromatic N) is 7. The lowest BCUT2D eigenvalue weighted by Crippen LogP contribution is -2.61. The number of hydrogen-bond acceptors (Lipinski definition) is 16. The number of piperidine rings is 1.